The zero-order valence-electron chi connectivity index (χ0n) is 20.8. The molecule has 0 atom stereocenters. The van der Waals surface area contributed by atoms with E-state index in [9.17, 15) is 4.79 Å². The Kier molecular flexibility index (Phi) is 6.82. The van der Waals surface area contributed by atoms with E-state index in [0.29, 0.717) is 11.4 Å². The van der Waals surface area contributed by atoms with E-state index in [4.69, 9.17) is 4.99 Å². The molecule has 0 saturated carbocycles. The van der Waals surface area contributed by atoms with Crippen LogP contribution in [-0.4, -0.2) is 40.6 Å². The number of benzene rings is 3. The number of aromatic nitrogens is 1. The number of thioether (sulfide) groups is 1. The molecule has 4 aromatic rings. The normalized spacial score (nSPS) is 18.4. The molecule has 0 unspecified atom stereocenters. The molecule has 2 aliphatic heterocycles. The number of aliphatic imine (C=N–C) groups is 1. The number of rotatable bonds is 6. The van der Waals surface area contributed by atoms with Gasteiger partial charge in [-0.15, -0.1) is 0 Å². The molecule has 37 heavy (non-hydrogen) atoms. The van der Waals surface area contributed by atoms with Gasteiger partial charge in [0.05, 0.1) is 10.6 Å². The Hall–Kier alpha value is -3.77. The van der Waals surface area contributed by atoms with Crippen LogP contribution in [0.2, 0.25) is 0 Å². The van der Waals surface area contributed by atoms with Gasteiger partial charge in [0.1, 0.15) is 0 Å². The number of nitrogens with zero attached hydrogens (tertiary/aromatic N) is 3. The minimum absolute atomic E-state index is 0.0135. The zero-order valence-corrected chi connectivity index (χ0v) is 21.6. The Morgan fingerprint density at radius 1 is 0.892 bits per heavy atom. The van der Waals surface area contributed by atoms with Crippen molar-refractivity contribution in [3.05, 3.63) is 101 Å². The molecule has 2 fully saturated rings. The van der Waals surface area contributed by atoms with Crippen LogP contribution in [0.4, 0.5) is 11.4 Å². The number of carbonyl (C=O) groups is 1. The molecular weight excluding hydrogens is 476 g/mol. The summed E-state index contributed by atoms with van der Waals surface area (Å²) < 4.78 is 0. The summed E-state index contributed by atoms with van der Waals surface area (Å²) in [5.41, 5.74) is 5.47. The van der Waals surface area contributed by atoms with Crippen LogP contribution in [0.15, 0.2) is 95.0 Å². The number of hydrogen-bond donors (Lipinski definition) is 1. The van der Waals surface area contributed by atoms with E-state index in [2.05, 4.69) is 52.3 Å². The second kappa shape index (κ2) is 10.7. The molecule has 6 heteroatoms. The first-order valence-electron chi connectivity index (χ1n) is 13.0. The van der Waals surface area contributed by atoms with Crippen molar-refractivity contribution in [1.29, 1.82) is 0 Å². The lowest BCUT2D eigenvalue weighted by atomic mass is 10.1. The van der Waals surface area contributed by atoms with Crippen molar-refractivity contribution in [1.82, 2.24) is 9.88 Å². The van der Waals surface area contributed by atoms with E-state index in [1.54, 1.807) is 0 Å². The molecule has 186 valence electrons. The number of hydrogen-bond acceptors (Lipinski definition) is 4. The summed E-state index contributed by atoms with van der Waals surface area (Å²) in [5, 5.41) is 1.93. The summed E-state index contributed by atoms with van der Waals surface area (Å²) in [6, 6.07) is 26.7. The quantitative estimate of drug-likeness (QED) is 0.286. The lowest BCUT2D eigenvalue weighted by molar-refractivity contribution is -0.122. The van der Waals surface area contributed by atoms with Crippen LogP contribution in [0.5, 0.6) is 0 Å². The van der Waals surface area contributed by atoms with Crippen molar-refractivity contribution in [3.63, 3.8) is 0 Å². The highest BCUT2D eigenvalue weighted by atomic mass is 32.2. The summed E-state index contributed by atoms with van der Waals surface area (Å²) in [7, 11) is 0. The van der Waals surface area contributed by atoms with E-state index in [0.717, 1.165) is 41.4 Å². The number of H-pyrrole nitrogens is 1. The van der Waals surface area contributed by atoms with Gasteiger partial charge in [0.25, 0.3) is 5.91 Å². The van der Waals surface area contributed by atoms with Gasteiger partial charge in [0.15, 0.2) is 5.17 Å². The van der Waals surface area contributed by atoms with Gasteiger partial charge in [-0.2, -0.15) is 0 Å². The Morgan fingerprint density at radius 2 is 1.65 bits per heavy atom. The average molecular weight is 507 g/mol. The van der Waals surface area contributed by atoms with E-state index in [-0.39, 0.29) is 5.91 Å². The number of amides is 1. The first-order valence-corrected chi connectivity index (χ1v) is 13.8. The van der Waals surface area contributed by atoms with Crippen LogP contribution >= 0.6 is 11.8 Å². The van der Waals surface area contributed by atoms with Crippen molar-refractivity contribution in [2.45, 2.75) is 25.7 Å². The molecule has 1 aromatic heterocycles. The third-order valence-corrected chi connectivity index (χ3v) is 8.07. The topological polar surface area (TPSA) is 51.7 Å². The minimum atomic E-state index is 0.0135. The largest absolute Gasteiger partial charge is 0.372 e. The maximum Gasteiger partial charge on any atom is 0.266 e. The molecule has 0 aliphatic carbocycles. The van der Waals surface area contributed by atoms with Crippen LogP contribution < -0.4 is 4.90 Å². The molecular formula is C31H30N4OS. The van der Waals surface area contributed by atoms with Crippen molar-refractivity contribution < 1.29 is 4.79 Å². The van der Waals surface area contributed by atoms with Crippen LogP contribution in [0.25, 0.3) is 17.0 Å². The van der Waals surface area contributed by atoms with E-state index in [1.807, 2.05) is 53.6 Å². The van der Waals surface area contributed by atoms with Crippen molar-refractivity contribution in [2.24, 2.45) is 4.99 Å². The lowest BCUT2D eigenvalue weighted by Gasteiger charge is -2.28. The number of nitrogens with one attached hydrogen (secondary N) is 1. The summed E-state index contributed by atoms with van der Waals surface area (Å²) in [4.78, 5) is 26.8. The van der Waals surface area contributed by atoms with Gasteiger partial charge in [0, 0.05) is 42.4 Å². The fraction of sp³-hybridized carbons (Fsp3) is 0.226. The van der Waals surface area contributed by atoms with Crippen molar-refractivity contribution >= 4 is 51.2 Å². The molecule has 1 amide bonds. The fourth-order valence-electron chi connectivity index (χ4n) is 5.06. The number of carbonyl (C=O) groups excluding carboxylic acids is 1. The van der Waals surface area contributed by atoms with Crippen molar-refractivity contribution in [2.75, 3.05) is 24.5 Å². The summed E-state index contributed by atoms with van der Waals surface area (Å²) >= 11 is 1.46. The summed E-state index contributed by atoms with van der Waals surface area (Å²) in [6.07, 6.45) is 8.64. The molecule has 3 aromatic carbocycles. The Balaban J connectivity index is 1.25. The van der Waals surface area contributed by atoms with Crippen LogP contribution in [0.1, 0.15) is 30.4 Å². The van der Waals surface area contributed by atoms with Crippen LogP contribution in [0.3, 0.4) is 0 Å². The third-order valence-electron chi connectivity index (χ3n) is 7.06. The number of piperidine rings is 1. The first-order chi connectivity index (χ1) is 18.2. The van der Waals surface area contributed by atoms with Gasteiger partial charge >= 0.3 is 0 Å². The first kappa shape index (κ1) is 23.6. The van der Waals surface area contributed by atoms with Gasteiger partial charge in [-0.05, 0) is 85.0 Å². The van der Waals surface area contributed by atoms with Gasteiger partial charge in [-0.25, -0.2) is 4.99 Å². The highest BCUT2D eigenvalue weighted by Gasteiger charge is 2.33. The monoisotopic (exact) mass is 506 g/mol. The number of anilines is 1. The summed E-state index contributed by atoms with van der Waals surface area (Å²) in [6.45, 7) is 2.82. The van der Waals surface area contributed by atoms with Gasteiger partial charge in [-0.3, -0.25) is 9.69 Å². The van der Waals surface area contributed by atoms with E-state index >= 15 is 0 Å². The Labute approximate surface area is 221 Å². The van der Waals surface area contributed by atoms with E-state index in [1.165, 1.54) is 47.7 Å². The molecule has 0 bridgehead atoms. The maximum atomic E-state index is 13.6. The molecule has 2 saturated heterocycles. The predicted octanol–water partition coefficient (Wildman–Crippen LogP) is 7.00. The molecule has 2 aliphatic rings. The SMILES string of the molecule is O=C1/C(=C/c2ccc(N3CCCCC3)cc2)SC(=Nc2ccccc2)N1CCc1c[nH]c2ccccc12. The molecule has 5 nitrogen and oxygen atoms in total. The average Bonchev–Trinajstić information content (AvgIpc) is 3.49. The minimum Gasteiger partial charge on any atom is -0.372 e. The van der Waals surface area contributed by atoms with E-state index < -0.39 is 0 Å². The molecule has 1 N–H and O–H groups in total. The van der Waals surface area contributed by atoms with Crippen LogP contribution in [0, 0.1) is 0 Å². The molecule has 0 radical (unpaired) electrons. The second-order valence-electron chi connectivity index (χ2n) is 9.55. The van der Waals surface area contributed by atoms with Gasteiger partial charge in [0.2, 0.25) is 0 Å². The smallest absolute Gasteiger partial charge is 0.266 e. The van der Waals surface area contributed by atoms with Gasteiger partial charge in [-0.1, -0.05) is 48.5 Å². The Bertz CT molecular complexity index is 1450. The number of para-hydroxylation sites is 2. The highest BCUT2D eigenvalue weighted by molar-refractivity contribution is 8.18. The van der Waals surface area contributed by atoms with Crippen LogP contribution in [-0.2, 0) is 11.2 Å². The van der Waals surface area contributed by atoms with Gasteiger partial charge < -0.3 is 9.88 Å². The number of aromatic amines is 1. The summed E-state index contributed by atoms with van der Waals surface area (Å²) in [5.74, 6) is 0.0135. The van der Waals surface area contributed by atoms with Crippen molar-refractivity contribution in [3.8, 4) is 0 Å². The molecule has 3 heterocycles. The zero-order chi connectivity index (χ0) is 25.0. The lowest BCUT2D eigenvalue weighted by Crippen LogP contribution is -2.31. The molecule has 0 spiro atoms. The fourth-order valence-corrected chi connectivity index (χ4v) is 6.08. The Morgan fingerprint density at radius 3 is 2.46 bits per heavy atom. The number of fused-ring (bicyclic) bond motifs is 1. The standard InChI is InChI=1S/C31H30N4OS/c36-30-29(21-23-13-15-26(16-14-23)34-18-7-2-8-19-34)37-31(33-25-9-3-1-4-10-25)35(30)20-17-24-22-32-28-12-6-5-11-27(24)28/h1,3-6,9-16,21-22,32H,2,7-8,17-20H2/b29-21-,33-31?. The maximum absolute atomic E-state index is 13.6. The predicted molar refractivity (Wildman–Crippen MR) is 155 cm³/mol. The molecule has 6 rings (SSSR count). The third kappa shape index (κ3) is 5.20. The second-order valence-corrected chi connectivity index (χ2v) is 10.6. The number of amidine groups is 1. The highest BCUT2D eigenvalue weighted by Crippen LogP contribution is 2.35.